The third kappa shape index (κ3) is 4.64. The minimum Gasteiger partial charge on any atom is -0.423 e. The number of nitrogens with zero attached hydrogens (tertiary/aromatic N) is 1. The molecule has 2 N–H and O–H groups in total. The van der Waals surface area contributed by atoms with Gasteiger partial charge in [0.1, 0.15) is 0 Å². The summed E-state index contributed by atoms with van der Waals surface area (Å²) in [6.45, 7) is 6.56. The van der Waals surface area contributed by atoms with E-state index in [0.717, 1.165) is 25.0 Å². The fourth-order valence-electron chi connectivity index (χ4n) is 2.34. The van der Waals surface area contributed by atoms with Crippen molar-refractivity contribution in [1.29, 1.82) is 0 Å². The third-order valence-electron chi connectivity index (χ3n) is 3.69. The van der Waals surface area contributed by atoms with Crippen LogP contribution in [0.2, 0.25) is 0 Å². The highest BCUT2D eigenvalue weighted by molar-refractivity contribution is 6.58. The molecule has 104 valence electrons. The van der Waals surface area contributed by atoms with Gasteiger partial charge < -0.3 is 10.0 Å². The van der Waals surface area contributed by atoms with Crippen molar-refractivity contribution in [3.63, 3.8) is 0 Å². The van der Waals surface area contributed by atoms with Crippen molar-refractivity contribution >= 4 is 12.6 Å². The summed E-state index contributed by atoms with van der Waals surface area (Å²) in [5.41, 5.74) is 1.75. The molecule has 19 heavy (non-hydrogen) atoms. The van der Waals surface area contributed by atoms with Crippen molar-refractivity contribution < 1.29 is 10.0 Å². The zero-order valence-electron chi connectivity index (χ0n) is 11.9. The highest BCUT2D eigenvalue weighted by Gasteiger charge is 2.28. The molecule has 1 aromatic carbocycles. The molecule has 0 spiro atoms. The summed E-state index contributed by atoms with van der Waals surface area (Å²) >= 11 is 0. The van der Waals surface area contributed by atoms with Crippen LogP contribution >= 0.6 is 0 Å². The summed E-state index contributed by atoms with van der Waals surface area (Å²) in [6, 6.07) is 8.36. The zero-order chi connectivity index (χ0) is 13.8. The summed E-state index contributed by atoms with van der Waals surface area (Å²) in [6.07, 6.45) is 3.83. The van der Waals surface area contributed by atoms with Crippen molar-refractivity contribution in [3.05, 3.63) is 29.8 Å². The summed E-state index contributed by atoms with van der Waals surface area (Å²) in [5, 5.41) is 18.4. The summed E-state index contributed by atoms with van der Waals surface area (Å²) in [7, 11) is -1.37. The molecule has 0 atom stereocenters. The Labute approximate surface area is 116 Å². The predicted molar refractivity (Wildman–Crippen MR) is 79.2 cm³/mol. The molecule has 0 radical (unpaired) electrons. The molecule has 1 aliphatic carbocycles. The standard InChI is InChI=1S/C15H24BNO2/c1-12(2)8-9-17(15-6-7-15)11-13-4-3-5-14(10-13)16(18)19/h3-5,10,12,15,18-19H,6-9,11H2,1-2H3. The Balaban J connectivity index is 1.98. The van der Waals surface area contributed by atoms with E-state index < -0.39 is 7.12 Å². The summed E-state index contributed by atoms with van der Waals surface area (Å²) < 4.78 is 0. The fourth-order valence-corrected chi connectivity index (χ4v) is 2.34. The second-order valence-corrected chi connectivity index (χ2v) is 6.00. The first-order valence-electron chi connectivity index (χ1n) is 7.25. The van der Waals surface area contributed by atoms with Gasteiger partial charge in [0.15, 0.2) is 0 Å². The topological polar surface area (TPSA) is 43.7 Å². The maximum atomic E-state index is 9.22. The molecule has 0 saturated heterocycles. The van der Waals surface area contributed by atoms with Crippen LogP contribution in [-0.4, -0.2) is 34.7 Å². The summed E-state index contributed by atoms with van der Waals surface area (Å²) in [5.74, 6) is 0.729. The lowest BCUT2D eigenvalue weighted by atomic mass is 9.79. The van der Waals surface area contributed by atoms with Gasteiger partial charge in [-0.1, -0.05) is 38.1 Å². The van der Waals surface area contributed by atoms with E-state index in [0.29, 0.717) is 5.46 Å². The van der Waals surface area contributed by atoms with Crippen LogP contribution in [0.3, 0.4) is 0 Å². The molecule has 0 bridgehead atoms. The Morgan fingerprint density at radius 2 is 2.05 bits per heavy atom. The first-order chi connectivity index (χ1) is 9.06. The average molecular weight is 261 g/mol. The highest BCUT2D eigenvalue weighted by Crippen LogP contribution is 2.28. The van der Waals surface area contributed by atoms with Crippen molar-refractivity contribution in [2.75, 3.05) is 6.54 Å². The average Bonchev–Trinajstić information content (AvgIpc) is 3.18. The van der Waals surface area contributed by atoms with Gasteiger partial charge in [-0.2, -0.15) is 0 Å². The van der Waals surface area contributed by atoms with Crippen LogP contribution in [0.4, 0.5) is 0 Å². The fraction of sp³-hybridized carbons (Fsp3) is 0.600. The van der Waals surface area contributed by atoms with Crippen LogP contribution in [0.25, 0.3) is 0 Å². The molecule has 4 heteroatoms. The lowest BCUT2D eigenvalue weighted by molar-refractivity contribution is 0.239. The SMILES string of the molecule is CC(C)CCN(Cc1cccc(B(O)O)c1)C1CC1. The van der Waals surface area contributed by atoms with Gasteiger partial charge >= 0.3 is 7.12 Å². The van der Waals surface area contributed by atoms with Crippen molar-refractivity contribution in [1.82, 2.24) is 4.90 Å². The largest absolute Gasteiger partial charge is 0.488 e. The summed E-state index contributed by atoms with van der Waals surface area (Å²) in [4.78, 5) is 2.53. The maximum Gasteiger partial charge on any atom is 0.488 e. The van der Waals surface area contributed by atoms with Crippen LogP contribution in [0, 0.1) is 5.92 Å². The van der Waals surface area contributed by atoms with Gasteiger partial charge in [0, 0.05) is 12.6 Å². The van der Waals surface area contributed by atoms with E-state index in [1.165, 1.54) is 24.8 Å². The monoisotopic (exact) mass is 261 g/mol. The number of hydrogen-bond acceptors (Lipinski definition) is 3. The van der Waals surface area contributed by atoms with E-state index in [9.17, 15) is 10.0 Å². The van der Waals surface area contributed by atoms with Crippen molar-refractivity contribution in [2.45, 2.75) is 45.7 Å². The molecule has 1 saturated carbocycles. The molecule has 3 nitrogen and oxygen atoms in total. The second kappa shape index (κ2) is 6.55. The van der Waals surface area contributed by atoms with Crippen LogP contribution < -0.4 is 5.46 Å². The normalized spacial score (nSPS) is 15.3. The first-order valence-corrected chi connectivity index (χ1v) is 7.25. The molecule has 1 aromatic rings. The van der Waals surface area contributed by atoms with Crippen molar-refractivity contribution in [3.8, 4) is 0 Å². The minimum atomic E-state index is -1.37. The smallest absolute Gasteiger partial charge is 0.423 e. The minimum absolute atomic E-state index is 0.581. The number of benzene rings is 1. The van der Waals surface area contributed by atoms with E-state index in [1.54, 1.807) is 6.07 Å². The van der Waals surface area contributed by atoms with Crippen LogP contribution in [0.15, 0.2) is 24.3 Å². The molecular formula is C15H24BNO2. The van der Waals surface area contributed by atoms with Crippen molar-refractivity contribution in [2.24, 2.45) is 5.92 Å². The van der Waals surface area contributed by atoms with Gasteiger partial charge in [-0.3, -0.25) is 4.90 Å². The third-order valence-corrected chi connectivity index (χ3v) is 3.69. The van der Waals surface area contributed by atoms with Crippen LogP contribution in [-0.2, 0) is 6.54 Å². The zero-order valence-corrected chi connectivity index (χ0v) is 11.9. The molecule has 1 fully saturated rings. The first kappa shape index (κ1) is 14.6. The Hall–Kier alpha value is -0.835. The Morgan fingerprint density at radius 1 is 1.32 bits per heavy atom. The van der Waals surface area contributed by atoms with Crippen LogP contribution in [0.1, 0.15) is 38.7 Å². The highest BCUT2D eigenvalue weighted by atomic mass is 16.4. The van der Waals surface area contributed by atoms with E-state index in [4.69, 9.17) is 0 Å². The van der Waals surface area contributed by atoms with E-state index in [-0.39, 0.29) is 0 Å². The Bertz CT molecular complexity index is 405. The van der Waals surface area contributed by atoms with Gasteiger partial charge in [-0.15, -0.1) is 0 Å². The van der Waals surface area contributed by atoms with Crippen LogP contribution in [0.5, 0.6) is 0 Å². The van der Waals surface area contributed by atoms with E-state index >= 15 is 0 Å². The van der Waals surface area contributed by atoms with Gasteiger partial charge in [0.05, 0.1) is 0 Å². The molecule has 0 aromatic heterocycles. The lowest BCUT2D eigenvalue weighted by Crippen LogP contribution is -2.31. The predicted octanol–water partition coefficient (Wildman–Crippen LogP) is 1.38. The van der Waals surface area contributed by atoms with Gasteiger partial charge in [0.25, 0.3) is 0 Å². The quantitative estimate of drug-likeness (QED) is 0.729. The molecule has 1 aliphatic rings. The van der Waals surface area contributed by atoms with E-state index in [1.807, 2.05) is 12.1 Å². The molecular weight excluding hydrogens is 237 g/mol. The lowest BCUT2D eigenvalue weighted by Gasteiger charge is -2.23. The Morgan fingerprint density at radius 3 is 2.63 bits per heavy atom. The molecule has 0 amide bonds. The van der Waals surface area contributed by atoms with Gasteiger partial charge in [0.2, 0.25) is 0 Å². The molecule has 0 unspecified atom stereocenters. The second-order valence-electron chi connectivity index (χ2n) is 6.00. The molecule has 2 rings (SSSR count). The molecule has 0 aliphatic heterocycles. The Kier molecular flexibility index (Phi) is 5.02. The van der Waals surface area contributed by atoms with Gasteiger partial charge in [-0.25, -0.2) is 0 Å². The maximum absolute atomic E-state index is 9.22. The van der Waals surface area contributed by atoms with Gasteiger partial charge in [-0.05, 0) is 42.8 Å². The molecule has 0 heterocycles. The van der Waals surface area contributed by atoms with E-state index in [2.05, 4.69) is 24.8 Å². The number of rotatable bonds is 7. The number of hydrogen-bond donors (Lipinski definition) is 2.